The van der Waals surface area contributed by atoms with Crippen molar-refractivity contribution in [2.24, 2.45) is 5.41 Å². The van der Waals surface area contributed by atoms with Crippen molar-refractivity contribution in [1.29, 1.82) is 0 Å². The minimum atomic E-state index is -1.08. The number of nitrogens with one attached hydrogen (secondary N) is 2. The van der Waals surface area contributed by atoms with Gasteiger partial charge in [-0.05, 0) is 62.1 Å². The first kappa shape index (κ1) is 27.6. The maximum Gasteiger partial charge on any atom is 0.326 e. The van der Waals surface area contributed by atoms with Crippen molar-refractivity contribution in [2.75, 3.05) is 31.5 Å². The van der Waals surface area contributed by atoms with Gasteiger partial charge in [-0.1, -0.05) is 26.8 Å². The first-order chi connectivity index (χ1) is 16.0. The lowest BCUT2D eigenvalue weighted by Gasteiger charge is -2.25. The third kappa shape index (κ3) is 10.5. The molecule has 4 N–H and O–H groups in total. The summed E-state index contributed by atoms with van der Waals surface area (Å²) in [6.45, 7) is 8.14. The van der Waals surface area contributed by atoms with Crippen LogP contribution < -0.4 is 10.6 Å². The number of carbonyl (C=O) groups is 3. The molecule has 9 nitrogen and oxygen atoms in total. The van der Waals surface area contributed by atoms with E-state index >= 15 is 0 Å². The number of fused-ring (bicyclic) bond motifs is 1. The third-order valence-corrected chi connectivity index (χ3v) is 5.81. The van der Waals surface area contributed by atoms with Crippen LogP contribution in [0.5, 0.6) is 0 Å². The zero-order valence-electron chi connectivity index (χ0n) is 20.7. The molecule has 0 aromatic carbocycles. The minimum Gasteiger partial charge on any atom is -0.481 e. The molecule has 9 heteroatoms. The zero-order chi connectivity index (χ0) is 25.1. The monoisotopic (exact) mass is 476 g/mol. The zero-order valence-corrected chi connectivity index (χ0v) is 20.7. The molecule has 0 saturated heterocycles. The van der Waals surface area contributed by atoms with Crippen LogP contribution in [0, 0.1) is 5.41 Å². The summed E-state index contributed by atoms with van der Waals surface area (Å²) >= 11 is 0. The van der Waals surface area contributed by atoms with Crippen molar-refractivity contribution in [3.8, 4) is 0 Å². The average molecular weight is 477 g/mol. The fourth-order valence-electron chi connectivity index (χ4n) is 4.03. The SMILES string of the molecule is CC(C)(C)CC(=O)NC(CCN(CCCCc1ccc2c(n1)NCCC2)CCC(=O)O)C(=O)O. The highest BCUT2D eigenvalue weighted by Gasteiger charge is 2.24. The number of aromatic nitrogens is 1. The average Bonchev–Trinajstić information content (AvgIpc) is 2.75. The van der Waals surface area contributed by atoms with Gasteiger partial charge >= 0.3 is 11.9 Å². The van der Waals surface area contributed by atoms with Crippen LogP contribution in [-0.2, 0) is 27.2 Å². The summed E-state index contributed by atoms with van der Waals surface area (Å²) in [6, 6.07) is 3.23. The molecule has 190 valence electrons. The van der Waals surface area contributed by atoms with Crippen molar-refractivity contribution in [3.63, 3.8) is 0 Å². The third-order valence-electron chi connectivity index (χ3n) is 5.81. The van der Waals surface area contributed by atoms with E-state index in [1.807, 2.05) is 25.7 Å². The van der Waals surface area contributed by atoms with E-state index < -0.39 is 18.0 Å². The van der Waals surface area contributed by atoms with Crippen LogP contribution in [0.25, 0.3) is 0 Å². The molecule has 1 atom stereocenters. The van der Waals surface area contributed by atoms with Gasteiger partial charge in [-0.25, -0.2) is 9.78 Å². The lowest BCUT2D eigenvalue weighted by molar-refractivity contribution is -0.142. The van der Waals surface area contributed by atoms with E-state index in [1.165, 1.54) is 5.56 Å². The number of pyridine rings is 1. The van der Waals surface area contributed by atoms with Crippen molar-refractivity contribution in [3.05, 3.63) is 23.4 Å². The van der Waals surface area contributed by atoms with E-state index in [1.54, 1.807) is 0 Å². The first-order valence-corrected chi connectivity index (χ1v) is 12.2. The second kappa shape index (κ2) is 13.3. The second-order valence-electron chi connectivity index (χ2n) is 10.3. The first-order valence-electron chi connectivity index (χ1n) is 12.2. The number of unbranched alkanes of at least 4 members (excludes halogenated alkanes) is 1. The van der Waals surface area contributed by atoms with Gasteiger partial charge in [0.1, 0.15) is 11.9 Å². The van der Waals surface area contributed by atoms with Crippen LogP contribution in [-0.4, -0.2) is 70.2 Å². The van der Waals surface area contributed by atoms with Gasteiger partial charge in [0.25, 0.3) is 0 Å². The molecule has 1 unspecified atom stereocenters. The number of carbonyl (C=O) groups excluding carboxylic acids is 1. The molecular formula is C25H40N4O5. The van der Waals surface area contributed by atoms with Crippen molar-refractivity contribution >= 4 is 23.7 Å². The number of carboxylic acid groups (broad SMARTS) is 2. The molecule has 0 bridgehead atoms. The number of hydrogen-bond acceptors (Lipinski definition) is 6. The molecule has 2 rings (SSSR count). The molecule has 0 radical (unpaired) electrons. The summed E-state index contributed by atoms with van der Waals surface area (Å²) in [5, 5.41) is 24.6. The van der Waals surface area contributed by atoms with Crippen LogP contribution in [0.3, 0.4) is 0 Å². The van der Waals surface area contributed by atoms with Crippen LogP contribution in [0.4, 0.5) is 5.82 Å². The standard InChI is InChI=1S/C25H40N4O5/c1-25(2,3)17-21(30)28-20(24(33)34)11-15-29(16-12-22(31)32)14-5-4-8-19-10-9-18-7-6-13-26-23(18)27-19/h9-10,20H,4-8,11-17H2,1-3H3,(H,26,27)(H,28,30)(H,31,32)(H,33,34). The fourth-order valence-corrected chi connectivity index (χ4v) is 4.03. The highest BCUT2D eigenvalue weighted by Crippen LogP contribution is 2.20. The quantitative estimate of drug-likeness (QED) is 0.301. The van der Waals surface area contributed by atoms with Gasteiger partial charge < -0.3 is 25.7 Å². The number of rotatable bonds is 14. The Hall–Kier alpha value is -2.68. The molecule has 0 fully saturated rings. The van der Waals surface area contributed by atoms with Crippen molar-refractivity contribution in [1.82, 2.24) is 15.2 Å². The summed E-state index contributed by atoms with van der Waals surface area (Å²) in [5.41, 5.74) is 2.07. The molecule has 0 saturated carbocycles. The summed E-state index contributed by atoms with van der Waals surface area (Å²) in [4.78, 5) is 41.6. The number of hydrogen-bond donors (Lipinski definition) is 4. The Morgan fingerprint density at radius 1 is 1.15 bits per heavy atom. The van der Waals surface area contributed by atoms with Crippen molar-refractivity contribution in [2.45, 2.75) is 78.2 Å². The fraction of sp³-hybridized carbons (Fsp3) is 0.680. The maximum absolute atomic E-state index is 12.2. The van der Waals surface area contributed by atoms with Crippen LogP contribution >= 0.6 is 0 Å². The Balaban J connectivity index is 1.84. The number of anilines is 1. The number of carboxylic acids is 2. The molecule has 1 amide bonds. The van der Waals surface area contributed by atoms with Gasteiger partial charge in [0.05, 0.1) is 6.42 Å². The Bertz CT molecular complexity index is 837. The smallest absolute Gasteiger partial charge is 0.326 e. The maximum atomic E-state index is 12.2. The number of amides is 1. The Morgan fingerprint density at radius 3 is 2.59 bits per heavy atom. The molecule has 2 heterocycles. The lowest BCUT2D eigenvalue weighted by Crippen LogP contribution is -2.44. The van der Waals surface area contributed by atoms with E-state index in [2.05, 4.69) is 22.8 Å². The van der Waals surface area contributed by atoms with Gasteiger partial charge in [-0.2, -0.15) is 0 Å². The normalized spacial score (nSPS) is 14.2. The van der Waals surface area contributed by atoms with Gasteiger partial charge in [-0.15, -0.1) is 0 Å². The van der Waals surface area contributed by atoms with Gasteiger partial charge in [-0.3, -0.25) is 9.59 Å². The number of aliphatic carboxylic acids is 2. The van der Waals surface area contributed by atoms with Crippen LogP contribution in [0.1, 0.15) is 70.6 Å². The Labute approximate surface area is 202 Å². The molecular weight excluding hydrogens is 436 g/mol. The highest BCUT2D eigenvalue weighted by molar-refractivity contribution is 5.83. The topological polar surface area (TPSA) is 132 Å². The molecule has 34 heavy (non-hydrogen) atoms. The van der Waals surface area contributed by atoms with Crippen LogP contribution in [0.15, 0.2) is 12.1 Å². The van der Waals surface area contributed by atoms with E-state index in [-0.39, 0.29) is 30.6 Å². The van der Waals surface area contributed by atoms with E-state index in [0.29, 0.717) is 19.6 Å². The number of nitrogens with zero attached hydrogens (tertiary/aromatic N) is 2. The lowest BCUT2D eigenvalue weighted by atomic mass is 9.92. The molecule has 1 aromatic heterocycles. The largest absolute Gasteiger partial charge is 0.481 e. The van der Waals surface area contributed by atoms with E-state index in [4.69, 9.17) is 10.1 Å². The molecule has 0 aliphatic carbocycles. The number of aryl methyl sites for hydroxylation is 2. The predicted molar refractivity (Wildman–Crippen MR) is 131 cm³/mol. The van der Waals surface area contributed by atoms with Crippen molar-refractivity contribution < 1.29 is 24.6 Å². The molecule has 1 aliphatic rings. The minimum absolute atomic E-state index is 0.00777. The second-order valence-corrected chi connectivity index (χ2v) is 10.3. The Kier molecular flexibility index (Phi) is 10.8. The van der Waals surface area contributed by atoms with Gasteiger partial charge in [0, 0.05) is 31.7 Å². The molecule has 1 aromatic rings. The summed E-state index contributed by atoms with van der Waals surface area (Å²) in [6.07, 6.45) is 5.23. The van der Waals surface area contributed by atoms with E-state index in [0.717, 1.165) is 50.2 Å². The van der Waals surface area contributed by atoms with Gasteiger partial charge in [0.2, 0.25) is 5.91 Å². The van der Waals surface area contributed by atoms with E-state index in [9.17, 15) is 19.5 Å². The predicted octanol–water partition coefficient (Wildman–Crippen LogP) is 2.93. The Morgan fingerprint density at radius 2 is 1.91 bits per heavy atom. The highest BCUT2D eigenvalue weighted by atomic mass is 16.4. The van der Waals surface area contributed by atoms with Gasteiger partial charge in [0.15, 0.2) is 0 Å². The molecule has 1 aliphatic heterocycles. The van der Waals surface area contributed by atoms with Crippen LogP contribution in [0.2, 0.25) is 0 Å². The molecule has 0 spiro atoms. The summed E-state index contributed by atoms with van der Waals surface area (Å²) in [7, 11) is 0. The summed E-state index contributed by atoms with van der Waals surface area (Å²) in [5.74, 6) is -1.26. The summed E-state index contributed by atoms with van der Waals surface area (Å²) < 4.78 is 0.